The highest BCUT2D eigenvalue weighted by Gasteiger charge is 2.17. The zero-order valence-electron chi connectivity index (χ0n) is 8.05. The number of nitrogens with zero attached hydrogens (tertiary/aromatic N) is 3. The Bertz CT molecular complexity index is 204. The van der Waals surface area contributed by atoms with Gasteiger partial charge >= 0.3 is 0 Å². The van der Waals surface area contributed by atoms with Gasteiger partial charge < -0.3 is 4.74 Å². The maximum absolute atomic E-state index is 5.70. The Hall–Kier alpha value is -0.910. The molecule has 0 saturated carbocycles. The van der Waals surface area contributed by atoms with Crippen molar-refractivity contribution in [1.29, 1.82) is 0 Å². The van der Waals surface area contributed by atoms with E-state index >= 15 is 0 Å². The number of aliphatic imine (C=N–C) groups is 1. The van der Waals surface area contributed by atoms with Crippen molar-refractivity contribution in [2.24, 2.45) is 10.8 Å². The second kappa shape index (κ2) is 4.96. The van der Waals surface area contributed by atoms with Gasteiger partial charge in [-0.1, -0.05) is 0 Å². The van der Waals surface area contributed by atoms with Crippen molar-refractivity contribution in [2.45, 2.75) is 6.29 Å². The van der Waals surface area contributed by atoms with Crippen molar-refractivity contribution in [1.82, 2.24) is 9.91 Å². The molecule has 1 rings (SSSR count). The Labute approximate surface area is 78.4 Å². The molecule has 0 saturated heterocycles. The molecule has 0 aromatic heterocycles. The minimum Gasteiger partial charge on any atom is -0.383 e. The predicted octanol–water partition coefficient (Wildman–Crippen LogP) is -0.378. The van der Waals surface area contributed by atoms with Crippen LogP contribution in [-0.4, -0.2) is 49.7 Å². The first kappa shape index (κ1) is 10.2. The van der Waals surface area contributed by atoms with E-state index in [0.29, 0.717) is 6.61 Å². The normalized spacial score (nSPS) is 21.5. The van der Waals surface area contributed by atoms with Gasteiger partial charge in [-0.25, -0.2) is 5.84 Å². The van der Waals surface area contributed by atoms with E-state index in [1.807, 2.05) is 11.9 Å². The van der Waals surface area contributed by atoms with Crippen molar-refractivity contribution >= 4 is 6.21 Å². The second-order valence-corrected chi connectivity index (χ2v) is 2.91. The first-order valence-corrected chi connectivity index (χ1v) is 4.18. The van der Waals surface area contributed by atoms with Crippen LogP contribution in [0.15, 0.2) is 17.3 Å². The van der Waals surface area contributed by atoms with Gasteiger partial charge in [-0.3, -0.25) is 14.9 Å². The Balaban J connectivity index is 2.41. The van der Waals surface area contributed by atoms with E-state index in [1.165, 1.54) is 0 Å². The number of hydrazine groups is 1. The molecule has 0 spiro atoms. The lowest BCUT2D eigenvalue weighted by atomic mass is 10.5. The van der Waals surface area contributed by atoms with Crippen LogP contribution < -0.4 is 5.84 Å². The predicted molar refractivity (Wildman–Crippen MR) is 52.0 cm³/mol. The molecule has 0 aliphatic carbocycles. The van der Waals surface area contributed by atoms with E-state index in [9.17, 15) is 0 Å². The van der Waals surface area contributed by atoms with Gasteiger partial charge in [-0.2, -0.15) is 0 Å². The quantitative estimate of drug-likeness (QED) is 0.605. The van der Waals surface area contributed by atoms with Crippen LogP contribution in [0.5, 0.6) is 0 Å². The zero-order chi connectivity index (χ0) is 9.68. The highest BCUT2D eigenvalue weighted by atomic mass is 16.5. The molecule has 5 heteroatoms. The summed E-state index contributed by atoms with van der Waals surface area (Å²) in [5, 5.41) is 1.57. The smallest absolute Gasteiger partial charge is 0.191 e. The summed E-state index contributed by atoms with van der Waals surface area (Å²) in [5.41, 5.74) is 0. The van der Waals surface area contributed by atoms with Crippen molar-refractivity contribution in [3.05, 3.63) is 12.3 Å². The van der Waals surface area contributed by atoms with E-state index in [1.54, 1.807) is 30.6 Å². The van der Waals surface area contributed by atoms with Crippen LogP contribution in [0.3, 0.4) is 0 Å². The SMILES string of the molecule is COCCN(C)C1N=CC=CN1N. The Morgan fingerprint density at radius 1 is 1.69 bits per heavy atom. The molecule has 13 heavy (non-hydrogen) atoms. The topological polar surface area (TPSA) is 54.1 Å². The molecule has 74 valence electrons. The Kier molecular flexibility index (Phi) is 3.88. The maximum Gasteiger partial charge on any atom is 0.191 e. The summed E-state index contributed by atoms with van der Waals surface area (Å²) in [6, 6.07) is 0. The monoisotopic (exact) mass is 184 g/mol. The molecule has 0 aromatic carbocycles. The van der Waals surface area contributed by atoms with Gasteiger partial charge in [0, 0.05) is 26.1 Å². The lowest BCUT2D eigenvalue weighted by Gasteiger charge is -2.31. The molecule has 0 amide bonds. The van der Waals surface area contributed by atoms with Crippen LogP contribution in [0.25, 0.3) is 0 Å². The third-order valence-corrected chi connectivity index (χ3v) is 1.87. The Morgan fingerprint density at radius 3 is 3.08 bits per heavy atom. The summed E-state index contributed by atoms with van der Waals surface area (Å²) in [5.74, 6) is 5.70. The molecule has 1 atom stereocenters. The van der Waals surface area contributed by atoms with Gasteiger partial charge in [-0.05, 0) is 13.1 Å². The van der Waals surface area contributed by atoms with E-state index in [-0.39, 0.29) is 6.29 Å². The average Bonchev–Trinajstić information content (AvgIpc) is 2.15. The molecular weight excluding hydrogens is 168 g/mol. The zero-order valence-corrected chi connectivity index (χ0v) is 8.05. The number of nitrogens with two attached hydrogens (primary N) is 1. The summed E-state index contributed by atoms with van der Waals surface area (Å²) < 4.78 is 4.97. The number of allylic oxidation sites excluding steroid dienone is 1. The molecule has 1 unspecified atom stereocenters. The minimum absolute atomic E-state index is 0.111. The van der Waals surface area contributed by atoms with Crippen LogP contribution in [0.2, 0.25) is 0 Å². The van der Waals surface area contributed by atoms with Gasteiger partial charge in [0.05, 0.1) is 6.61 Å². The lowest BCUT2D eigenvalue weighted by molar-refractivity contribution is 0.0753. The molecule has 0 aromatic rings. The fourth-order valence-electron chi connectivity index (χ4n) is 1.11. The van der Waals surface area contributed by atoms with Crippen molar-refractivity contribution in [3.8, 4) is 0 Å². The van der Waals surface area contributed by atoms with Crippen molar-refractivity contribution in [2.75, 3.05) is 27.3 Å². The second-order valence-electron chi connectivity index (χ2n) is 2.91. The number of rotatable bonds is 4. The van der Waals surface area contributed by atoms with Gasteiger partial charge in [0.1, 0.15) is 0 Å². The summed E-state index contributed by atoms with van der Waals surface area (Å²) in [6.45, 7) is 1.49. The molecular formula is C8H16N4O. The average molecular weight is 184 g/mol. The minimum atomic E-state index is -0.111. The van der Waals surface area contributed by atoms with E-state index in [2.05, 4.69) is 4.99 Å². The maximum atomic E-state index is 5.70. The van der Waals surface area contributed by atoms with Gasteiger partial charge in [0.25, 0.3) is 0 Å². The summed E-state index contributed by atoms with van der Waals surface area (Å²) in [4.78, 5) is 6.24. The van der Waals surface area contributed by atoms with Crippen LogP contribution in [0.4, 0.5) is 0 Å². The largest absolute Gasteiger partial charge is 0.383 e. The highest BCUT2D eigenvalue weighted by Crippen LogP contribution is 2.04. The molecule has 1 aliphatic rings. The number of hydrogen-bond acceptors (Lipinski definition) is 5. The molecule has 5 nitrogen and oxygen atoms in total. The van der Waals surface area contributed by atoms with E-state index < -0.39 is 0 Å². The van der Waals surface area contributed by atoms with E-state index in [0.717, 1.165) is 6.54 Å². The van der Waals surface area contributed by atoms with Gasteiger partial charge in [0.2, 0.25) is 0 Å². The van der Waals surface area contributed by atoms with Gasteiger partial charge in [0.15, 0.2) is 6.29 Å². The highest BCUT2D eigenvalue weighted by molar-refractivity contribution is 5.71. The number of ether oxygens (including phenoxy) is 1. The van der Waals surface area contributed by atoms with Crippen LogP contribution in [0, 0.1) is 0 Å². The molecule has 2 N–H and O–H groups in total. The number of methoxy groups -OCH3 is 1. The fraction of sp³-hybridized carbons (Fsp3) is 0.625. The summed E-state index contributed by atoms with van der Waals surface area (Å²) in [7, 11) is 3.64. The van der Waals surface area contributed by atoms with Crippen molar-refractivity contribution < 1.29 is 4.74 Å². The third-order valence-electron chi connectivity index (χ3n) is 1.87. The number of hydrogen-bond donors (Lipinski definition) is 1. The molecule has 1 heterocycles. The molecule has 0 fully saturated rings. The molecule has 1 aliphatic heterocycles. The van der Waals surface area contributed by atoms with Crippen LogP contribution in [-0.2, 0) is 4.74 Å². The van der Waals surface area contributed by atoms with Gasteiger partial charge in [-0.15, -0.1) is 0 Å². The fourth-order valence-corrected chi connectivity index (χ4v) is 1.11. The Morgan fingerprint density at radius 2 is 2.46 bits per heavy atom. The summed E-state index contributed by atoms with van der Waals surface area (Å²) in [6.07, 6.45) is 5.24. The first-order valence-electron chi connectivity index (χ1n) is 4.18. The summed E-state index contributed by atoms with van der Waals surface area (Å²) >= 11 is 0. The third kappa shape index (κ3) is 2.80. The molecule has 0 radical (unpaired) electrons. The number of likely N-dealkylation sites (N-methyl/N-ethyl adjacent to an activating group) is 1. The van der Waals surface area contributed by atoms with Crippen molar-refractivity contribution in [3.63, 3.8) is 0 Å². The van der Waals surface area contributed by atoms with Crippen LogP contribution in [0.1, 0.15) is 0 Å². The van der Waals surface area contributed by atoms with Crippen LogP contribution >= 0.6 is 0 Å². The molecule has 0 bridgehead atoms. The standard InChI is InChI=1S/C8H16N4O/c1-11(6-7-13-2)8-10-4-3-5-12(8)9/h3-5,8H,6-7,9H2,1-2H3. The first-order chi connectivity index (χ1) is 6.25. The van der Waals surface area contributed by atoms with E-state index in [4.69, 9.17) is 10.6 Å². The lowest BCUT2D eigenvalue weighted by Crippen LogP contribution is -2.48.